The minimum atomic E-state index is 0.0569. The third kappa shape index (κ3) is 2.81. The maximum Gasteiger partial charge on any atom is 0.219 e. The van der Waals surface area contributed by atoms with Crippen LogP contribution in [-0.4, -0.2) is 34.0 Å². The summed E-state index contributed by atoms with van der Waals surface area (Å²) in [6.07, 6.45) is 0.803. The molecule has 1 heterocycles. The topological polar surface area (TPSA) is 64.2 Å². The number of nitrogen functional groups attached to an aromatic ring is 1. The fraction of sp³-hybridized carbons (Fsp3) is 0.385. The van der Waals surface area contributed by atoms with Crippen molar-refractivity contribution in [3.05, 3.63) is 23.2 Å². The Balaban J connectivity index is 2.17. The summed E-state index contributed by atoms with van der Waals surface area (Å²) in [7, 11) is 1.78. The van der Waals surface area contributed by atoms with Gasteiger partial charge in [0.2, 0.25) is 11.9 Å². The summed E-state index contributed by atoms with van der Waals surface area (Å²) in [5.41, 5.74) is 7.56. The Kier molecular flexibility index (Phi) is 3.95. The highest BCUT2D eigenvalue weighted by Gasteiger charge is 2.11. The number of nitrogens with two attached hydrogens (primary N) is 1. The predicted molar refractivity (Wildman–Crippen MR) is 77.1 cm³/mol. The largest absolute Gasteiger partial charge is 0.369 e. The SMILES string of the molecule is CC(=O)N(C)CCCn1c(N)nc2cccc(Cl)c21. The molecule has 1 aromatic heterocycles. The van der Waals surface area contributed by atoms with Crippen LogP contribution in [0.3, 0.4) is 0 Å². The van der Waals surface area contributed by atoms with Crippen LogP contribution in [0, 0.1) is 0 Å². The molecule has 1 amide bonds. The molecule has 0 unspecified atom stereocenters. The summed E-state index contributed by atoms with van der Waals surface area (Å²) in [5, 5.41) is 0.640. The van der Waals surface area contributed by atoms with Crippen molar-refractivity contribution < 1.29 is 4.79 Å². The number of halogens is 1. The van der Waals surface area contributed by atoms with Crippen LogP contribution in [0.2, 0.25) is 5.02 Å². The van der Waals surface area contributed by atoms with E-state index < -0.39 is 0 Å². The number of para-hydroxylation sites is 1. The van der Waals surface area contributed by atoms with Crippen molar-refractivity contribution in [3.8, 4) is 0 Å². The normalized spacial score (nSPS) is 10.9. The number of nitrogens with zero attached hydrogens (tertiary/aromatic N) is 3. The Morgan fingerprint density at radius 2 is 2.26 bits per heavy atom. The second-order valence-electron chi connectivity index (χ2n) is 4.52. The number of hydrogen-bond acceptors (Lipinski definition) is 3. The fourth-order valence-corrected chi connectivity index (χ4v) is 2.28. The van der Waals surface area contributed by atoms with Gasteiger partial charge < -0.3 is 15.2 Å². The van der Waals surface area contributed by atoms with E-state index in [4.69, 9.17) is 17.3 Å². The molecule has 0 fully saturated rings. The molecule has 19 heavy (non-hydrogen) atoms. The van der Waals surface area contributed by atoms with E-state index in [2.05, 4.69) is 4.98 Å². The van der Waals surface area contributed by atoms with E-state index in [1.165, 1.54) is 0 Å². The van der Waals surface area contributed by atoms with Crippen LogP contribution in [0.25, 0.3) is 11.0 Å². The van der Waals surface area contributed by atoms with Gasteiger partial charge in [-0.2, -0.15) is 0 Å². The molecule has 5 nitrogen and oxygen atoms in total. The molecule has 0 bridgehead atoms. The molecule has 0 atom stereocenters. The molecular formula is C13H17ClN4O. The molecule has 0 aliphatic heterocycles. The van der Waals surface area contributed by atoms with Crippen LogP contribution in [0.15, 0.2) is 18.2 Å². The number of hydrogen-bond donors (Lipinski definition) is 1. The number of amides is 1. The van der Waals surface area contributed by atoms with Gasteiger partial charge in [0, 0.05) is 27.1 Å². The highest BCUT2D eigenvalue weighted by molar-refractivity contribution is 6.35. The van der Waals surface area contributed by atoms with E-state index in [-0.39, 0.29) is 5.91 Å². The van der Waals surface area contributed by atoms with Gasteiger partial charge in [-0.1, -0.05) is 17.7 Å². The van der Waals surface area contributed by atoms with Crippen molar-refractivity contribution >= 4 is 34.5 Å². The highest BCUT2D eigenvalue weighted by atomic mass is 35.5. The fourth-order valence-electron chi connectivity index (χ4n) is 2.01. The lowest BCUT2D eigenvalue weighted by atomic mass is 10.3. The van der Waals surface area contributed by atoms with E-state index >= 15 is 0 Å². The van der Waals surface area contributed by atoms with Crippen LogP contribution >= 0.6 is 11.6 Å². The van der Waals surface area contributed by atoms with Gasteiger partial charge in [-0.3, -0.25) is 4.79 Å². The van der Waals surface area contributed by atoms with E-state index in [9.17, 15) is 4.79 Å². The van der Waals surface area contributed by atoms with Crippen LogP contribution in [0.1, 0.15) is 13.3 Å². The molecule has 0 radical (unpaired) electrons. The summed E-state index contributed by atoms with van der Waals surface area (Å²) in [6, 6.07) is 5.56. The Morgan fingerprint density at radius 1 is 1.53 bits per heavy atom. The van der Waals surface area contributed by atoms with Crippen LogP contribution in [0.5, 0.6) is 0 Å². The zero-order valence-electron chi connectivity index (χ0n) is 11.1. The summed E-state index contributed by atoms with van der Waals surface area (Å²) in [5.74, 6) is 0.509. The standard InChI is InChI=1S/C13H17ClN4O/c1-9(19)17(2)7-4-8-18-12-10(14)5-3-6-11(12)16-13(18)15/h3,5-6H,4,7-8H2,1-2H3,(H2,15,16). The van der Waals surface area contributed by atoms with Gasteiger partial charge in [0.25, 0.3) is 0 Å². The van der Waals surface area contributed by atoms with Gasteiger partial charge in [-0.15, -0.1) is 0 Å². The van der Waals surface area contributed by atoms with Crippen molar-refractivity contribution in [2.24, 2.45) is 0 Å². The molecule has 0 saturated heterocycles. The molecule has 0 aliphatic rings. The molecular weight excluding hydrogens is 264 g/mol. The molecule has 6 heteroatoms. The number of fused-ring (bicyclic) bond motifs is 1. The molecule has 2 aromatic rings. The third-order valence-electron chi connectivity index (χ3n) is 3.16. The first-order chi connectivity index (χ1) is 9.00. The average Bonchev–Trinajstić information content (AvgIpc) is 2.67. The Hall–Kier alpha value is -1.75. The number of carbonyl (C=O) groups is 1. The van der Waals surface area contributed by atoms with Gasteiger partial charge in [0.05, 0.1) is 16.1 Å². The highest BCUT2D eigenvalue weighted by Crippen LogP contribution is 2.25. The van der Waals surface area contributed by atoms with Crippen LogP contribution in [-0.2, 0) is 11.3 Å². The summed E-state index contributed by atoms with van der Waals surface area (Å²) in [4.78, 5) is 17.1. The predicted octanol–water partition coefficient (Wildman–Crippen LogP) is 2.14. The van der Waals surface area contributed by atoms with Gasteiger partial charge in [0.1, 0.15) is 0 Å². The number of aromatic nitrogens is 2. The van der Waals surface area contributed by atoms with E-state index in [1.807, 2.05) is 22.8 Å². The number of rotatable bonds is 4. The van der Waals surface area contributed by atoms with Crippen molar-refractivity contribution in [1.29, 1.82) is 0 Å². The zero-order chi connectivity index (χ0) is 14.0. The van der Waals surface area contributed by atoms with Crippen molar-refractivity contribution in [3.63, 3.8) is 0 Å². The first-order valence-electron chi connectivity index (χ1n) is 6.12. The minimum Gasteiger partial charge on any atom is -0.369 e. The molecule has 0 saturated carbocycles. The second kappa shape index (κ2) is 5.48. The van der Waals surface area contributed by atoms with Crippen LogP contribution < -0.4 is 5.73 Å². The van der Waals surface area contributed by atoms with Crippen molar-refractivity contribution in [2.75, 3.05) is 19.3 Å². The lowest BCUT2D eigenvalue weighted by Crippen LogP contribution is -2.25. The number of imidazole rings is 1. The smallest absolute Gasteiger partial charge is 0.219 e. The summed E-state index contributed by atoms with van der Waals surface area (Å²) >= 11 is 6.19. The number of anilines is 1. The monoisotopic (exact) mass is 280 g/mol. The Labute approximate surface area is 117 Å². The van der Waals surface area contributed by atoms with Gasteiger partial charge in [0.15, 0.2) is 0 Å². The molecule has 1 aromatic carbocycles. The number of aryl methyl sites for hydroxylation is 1. The van der Waals surface area contributed by atoms with E-state index in [0.717, 1.165) is 17.5 Å². The van der Waals surface area contributed by atoms with Gasteiger partial charge in [-0.25, -0.2) is 4.98 Å². The minimum absolute atomic E-state index is 0.0569. The third-order valence-corrected chi connectivity index (χ3v) is 3.46. The molecule has 0 aliphatic carbocycles. The van der Waals surface area contributed by atoms with Crippen molar-refractivity contribution in [2.45, 2.75) is 19.9 Å². The summed E-state index contributed by atoms with van der Waals surface area (Å²) < 4.78 is 1.89. The number of benzene rings is 1. The lowest BCUT2D eigenvalue weighted by Gasteiger charge is -2.15. The maximum absolute atomic E-state index is 11.1. The Bertz CT molecular complexity index is 608. The molecule has 2 rings (SSSR count). The van der Waals surface area contributed by atoms with Crippen LogP contribution in [0.4, 0.5) is 5.95 Å². The Morgan fingerprint density at radius 3 is 2.95 bits per heavy atom. The molecule has 0 spiro atoms. The summed E-state index contributed by atoms with van der Waals surface area (Å²) in [6.45, 7) is 2.92. The first kappa shape index (κ1) is 13.7. The zero-order valence-corrected chi connectivity index (χ0v) is 11.8. The lowest BCUT2D eigenvalue weighted by molar-refractivity contribution is -0.127. The maximum atomic E-state index is 11.1. The second-order valence-corrected chi connectivity index (χ2v) is 4.93. The van der Waals surface area contributed by atoms with Crippen molar-refractivity contribution in [1.82, 2.24) is 14.5 Å². The van der Waals surface area contributed by atoms with E-state index in [1.54, 1.807) is 18.9 Å². The number of carbonyl (C=O) groups excluding carboxylic acids is 1. The first-order valence-corrected chi connectivity index (χ1v) is 6.50. The van der Waals surface area contributed by atoms with E-state index in [0.29, 0.717) is 24.1 Å². The molecule has 102 valence electrons. The van der Waals surface area contributed by atoms with Gasteiger partial charge in [-0.05, 0) is 18.6 Å². The van der Waals surface area contributed by atoms with Gasteiger partial charge >= 0.3 is 0 Å². The quantitative estimate of drug-likeness (QED) is 0.933. The molecule has 2 N–H and O–H groups in total. The average molecular weight is 281 g/mol.